The van der Waals surface area contributed by atoms with Crippen LogP contribution in [0.5, 0.6) is 5.88 Å². The molecule has 1 saturated heterocycles. The van der Waals surface area contributed by atoms with Crippen LogP contribution in [0.3, 0.4) is 0 Å². The van der Waals surface area contributed by atoms with E-state index < -0.39 is 0 Å². The first kappa shape index (κ1) is 12.1. The molecule has 4 heteroatoms. The molecule has 0 aromatic carbocycles. The lowest BCUT2D eigenvalue weighted by Gasteiger charge is -2.28. The zero-order valence-electron chi connectivity index (χ0n) is 9.66. The summed E-state index contributed by atoms with van der Waals surface area (Å²) in [5.41, 5.74) is 1.14. The molecular formula is C12H17IN2O. The molecule has 16 heavy (non-hydrogen) atoms. The first-order valence-corrected chi connectivity index (χ1v) is 6.76. The Morgan fingerprint density at radius 2 is 2.31 bits per heavy atom. The Morgan fingerprint density at radius 3 is 3.00 bits per heavy atom. The van der Waals surface area contributed by atoms with Crippen LogP contribution in [0.4, 0.5) is 0 Å². The second-order valence-corrected chi connectivity index (χ2v) is 5.51. The van der Waals surface area contributed by atoms with Crippen molar-refractivity contribution in [1.29, 1.82) is 0 Å². The van der Waals surface area contributed by atoms with Crippen molar-refractivity contribution in [2.24, 2.45) is 0 Å². The van der Waals surface area contributed by atoms with E-state index in [4.69, 9.17) is 4.74 Å². The van der Waals surface area contributed by atoms with E-state index in [2.05, 4.69) is 46.7 Å². The lowest BCUT2D eigenvalue weighted by molar-refractivity contribution is 0.145. The Morgan fingerprint density at radius 1 is 1.50 bits per heavy atom. The van der Waals surface area contributed by atoms with Crippen LogP contribution in [0.15, 0.2) is 12.3 Å². The van der Waals surface area contributed by atoms with Gasteiger partial charge in [0.15, 0.2) is 0 Å². The van der Waals surface area contributed by atoms with Crippen LogP contribution in [0, 0.1) is 10.5 Å². The molecule has 0 spiro atoms. The van der Waals surface area contributed by atoms with Crippen molar-refractivity contribution in [3.63, 3.8) is 0 Å². The van der Waals surface area contributed by atoms with E-state index in [9.17, 15) is 0 Å². The fourth-order valence-corrected chi connectivity index (χ4v) is 2.24. The molecule has 0 radical (unpaired) electrons. The van der Waals surface area contributed by atoms with Crippen molar-refractivity contribution in [2.75, 3.05) is 6.54 Å². The van der Waals surface area contributed by atoms with Gasteiger partial charge in [-0.05, 0) is 55.3 Å². The summed E-state index contributed by atoms with van der Waals surface area (Å²) in [6.07, 6.45) is 4.36. The van der Waals surface area contributed by atoms with Crippen molar-refractivity contribution >= 4 is 22.6 Å². The molecule has 88 valence electrons. The molecule has 0 bridgehead atoms. The van der Waals surface area contributed by atoms with Crippen LogP contribution in [-0.2, 0) is 0 Å². The first-order valence-electron chi connectivity index (χ1n) is 5.68. The molecule has 1 aliphatic heterocycles. The Labute approximate surface area is 110 Å². The molecule has 1 N–H and O–H groups in total. The maximum Gasteiger partial charge on any atom is 0.217 e. The summed E-state index contributed by atoms with van der Waals surface area (Å²) in [5, 5.41) is 3.43. The third-order valence-electron chi connectivity index (χ3n) is 2.99. The Balaban J connectivity index is 2.01. The minimum Gasteiger partial charge on any atom is -0.473 e. The van der Waals surface area contributed by atoms with E-state index >= 15 is 0 Å². The number of aromatic nitrogens is 1. The Bertz CT molecular complexity index is 362. The zero-order chi connectivity index (χ0) is 11.5. The summed E-state index contributed by atoms with van der Waals surface area (Å²) in [6.45, 7) is 5.20. The average molecular weight is 332 g/mol. The van der Waals surface area contributed by atoms with Crippen molar-refractivity contribution in [3.05, 3.63) is 21.4 Å². The normalized spacial score (nSPS) is 25.4. The van der Waals surface area contributed by atoms with Crippen LogP contribution in [-0.4, -0.2) is 23.7 Å². The summed E-state index contributed by atoms with van der Waals surface area (Å²) < 4.78 is 7.14. The molecule has 0 unspecified atom stereocenters. The fourth-order valence-electron chi connectivity index (χ4n) is 1.84. The van der Waals surface area contributed by atoms with E-state index in [1.165, 1.54) is 9.99 Å². The topological polar surface area (TPSA) is 34.1 Å². The monoisotopic (exact) mass is 332 g/mol. The van der Waals surface area contributed by atoms with Gasteiger partial charge in [-0.25, -0.2) is 4.98 Å². The molecule has 2 rings (SSSR count). The van der Waals surface area contributed by atoms with E-state index in [0.29, 0.717) is 6.04 Å². The van der Waals surface area contributed by atoms with Crippen molar-refractivity contribution in [3.8, 4) is 5.88 Å². The van der Waals surface area contributed by atoms with Crippen LogP contribution >= 0.6 is 22.6 Å². The molecule has 1 fully saturated rings. The summed E-state index contributed by atoms with van der Waals surface area (Å²) in [5.74, 6) is 0.785. The predicted molar refractivity (Wildman–Crippen MR) is 72.8 cm³/mol. The van der Waals surface area contributed by atoms with Gasteiger partial charge in [0.2, 0.25) is 5.88 Å². The van der Waals surface area contributed by atoms with Crippen molar-refractivity contribution in [1.82, 2.24) is 10.3 Å². The van der Waals surface area contributed by atoms with E-state index in [-0.39, 0.29) is 6.10 Å². The van der Waals surface area contributed by atoms with Gasteiger partial charge in [0, 0.05) is 27.9 Å². The fraction of sp³-hybridized carbons (Fsp3) is 0.583. The minimum absolute atomic E-state index is 0.264. The summed E-state index contributed by atoms with van der Waals surface area (Å²) in [7, 11) is 0. The van der Waals surface area contributed by atoms with Gasteiger partial charge in [-0.2, -0.15) is 0 Å². The Hall–Kier alpha value is -0.360. The van der Waals surface area contributed by atoms with Gasteiger partial charge in [-0.3, -0.25) is 0 Å². The molecule has 3 nitrogen and oxygen atoms in total. The third-order valence-corrected chi connectivity index (χ3v) is 4.15. The van der Waals surface area contributed by atoms with E-state index in [1.807, 2.05) is 12.3 Å². The highest BCUT2D eigenvalue weighted by Gasteiger charge is 2.20. The molecule has 1 aromatic rings. The third kappa shape index (κ3) is 2.85. The van der Waals surface area contributed by atoms with Crippen molar-refractivity contribution in [2.45, 2.75) is 38.8 Å². The first-order chi connectivity index (χ1) is 7.66. The van der Waals surface area contributed by atoms with Crippen LogP contribution in [0.1, 0.15) is 25.3 Å². The number of hydrogen-bond acceptors (Lipinski definition) is 3. The van der Waals surface area contributed by atoms with Gasteiger partial charge in [0.05, 0.1) is 0 Å². The molecule has 1 aliphatic rings. The number of rotatable bonds is 2. The molecule has 0 aliphatic carbocycles. The summed E-state index contributed by atoms with van der Waals surface area (Å²) >= 11 is 2.31. The largest absolute Gasteiger partial charge is 0.473 e. The number of nitrogens with one attached hydrogen (secondary N) is 1. The standard InChI is InChI=1S/C12H17IN2O/c1-8-3-4-10(7-15-8)16-12-9(2)11(13)5-6-14-12/h5-6,8,10,15H,3-4,7H2,1-2H3/t8-,10-/m1/s1. The Kier molecular flexibility index (Phi) is 4.02. The van der Waals surface area contributed by atoms with Crippen LogP contribution in [0.25, 0.3) is 0 Å². The van der Waals surface area contributed by atoms with Gasteiger partial charge in [0.1, 0.15) is 6.10 Å². The average Bonchev–Trinajstić information content (AvgIpc) is 2.28. The number of pyridine rings is 1. The maximum atomic E-state index is 5.94. The number of hydrogen-bond donors (Lipinski definition) is 1. The molecule has 0 amide bonds. The van der Waals surface area contributed by atoms with Gasteiger partial charge in [0.25, 0.3) is 0 Å². The molecule has 0 saturated carbocycles. The highest BCUT2D eigenvalue weighted by Crippen LogP contribution is 2.22. The number of halogens is 1. The van der Waals surface area contributed by atoms with Crippen LogP contribution < -0.4 is 10.1 Å². The summed E-state index contributed by atoms with van der Waals surface area (Å²) in [6, 6.07) is 2.62. The summed E-state index contributed by atoms with van der Waals surface area (Å²) in [4.78, 5) is 4.30. The number of nitrogens with zero attached hydrogens (tertiary/aromatic N) is 1. The second kappa shape index (κ2) is 5.31. The number of piperidine rings is 1. The molecule has 1 aromatic heterocycles. The van der Waals surface area contributed by atoms with Crippen molar-refractivity contribution < 1.29 is 4.74 Å². The van der Waals surface area contributed by atoms with Gasteiger partial charge < -0.3 is 10.1 Å². The predicted octanol–water partition coefficient (Wildman–Crippen LogP) is 2.51. The van der Waals surface area contributed by atoms with Crippen LogP contribution in [0.2, 0.25) is 0 Å². The van der Waals surface area contributed by atoms with E-state index in [1.54, 1.807) is 0 Å². The SMILES string of the molecule is Cc1c(I)ccnc1O[C@@H]1CC[C@@H](C)NC1. The lowest BCUT2D eigenvalue weighted by Crippen LogP contribution is -2.42. The second-order valence-electron chi connectivity index (χ2n) is 4.35. The van der Waals surface area contributed by atoms with E-state index in [0.717, 1.165) is 24.4 Å². The highest BCUT2D eigenvalue weighted by atomic mass is 127. The number of ether oxygens (including phenoxy) is 1. The molecule has 2 atom stereocenters. The zero-order valence-corrected chi connectivity index (χ0v) is 11.8. The molecular weight excluding hydrogens is 315 g/mol. The minimum atomic E-state index is 0.264. The van der Waals surface area contributed by atoms with Gasteiger partial charge in [-0.1, -0.05) is 0 Å². The smallest absolute Gasteiger partial charge is 0.217 e. The van der Waals surface area contributed by atoms with Gasteiger partial charge >= 0.3 is 0 Å². The maximum absolute atomic E-state index is 5.94. The highest BCUT2D eigenvalue weighted by molar-refractivity contribution is 14.1. The van der Waals surface area contributed by atoms with Gasteiger partial charge in [-0.15, -0.1) is 0 Å². The lowest BCUT2D eigenvalue weighted by atomic mass is 10.0. The quantitative estimate of drug-likeness (QED) is 0.845. The molecule has 2 heterocycles.